The van der Waals surface area contributed by atoms with E-state index in [0.29, 0.717) is 28.4 Å². The number of carboxylic acids is 1. The Bertz CT molecular complexity index is 1330. The molecule has 2 aliphatic heterocycles. The van der Waals surface area contributed by atoms with Crippen molar-refractivity contribution in [2.45, 2.75) is 19.4 Å². The molecule has 0 radical (unpaired) electrons. The van der Waals surface area contributed by atoms with Crippen molar-refractivity contribution in [3.05, 3.63) is 94.0 Å². The Morgan fingerprint density at radius 1 is 0.973 bits per heavy atom. The second kappa shape index (κ2) is 11.2. The van der Waals surface area contributed by atoms with Crippen molar-refractivity contribution in [2.75, 3.05) is 36.8 Å². The van der Waals surface area contributed by atoms with E-state index in [2.05, 4.69) is 33.0 Å². The lowest BCUT2D eigenvalue weighted by molar-refractivity contribution is -0.137. The molecule has 1 saturated heterocycles. The van der Waals surface area contributed by atoms with Gasteiger partial charge >= 0.3 is 5.97 Å². The monoisotopic (exact) mass is 516 g/mol. The molecule has 3 aromatic carbocycles. The third kappa shape index (κ3) is 6.02. The minimum absolute atomic E-state index is 0.0718. The second-order valence-electron chi connectivity index (χ2n) is 9.33. The van der Waals surface area contributed by atoms with E-state index in [4.69, 9.17) is 16.7 Å². The Kier molecular flexibility index (Phi) is 7.55. The summed E-state index contributed by atoms with van der Waals surface area (Å²) < 4.78 is 0. The van der Waals surface area contributed by atoms with Crippen molar-refractivity contribution in [2.24, 2.45) is 0 Å². The minimum Gasteiger partial charge on any atom is -0.481 e. The molecule has 0 spiro atoms. The van der Waals surface area contributed by atoms with Crippen LogP contribution in [0.1, 0.15) is 28.7 Å². The normalized spacial score (nSPS) is 16.7. The molecule has 2 heterocycles. The molecule has 3 aromatic rings. The van der Waals surface area contributed by atoms with E-state index in [9.17, 15) is 9.59 Å². The van der Waals surface area contributed by atoms with E-state index in [1.165, 1.54) is 5.56 Å². The predicted molar refractivity (Wildman–Crippen MR) is 148 cm³/mol. The zero-order valence-corrected chi connectivity index (χ0v) is 21.1. The summed E-state index contributed by atoms with van der Waals surface area (Å²) in [7, 11) is 0. The number of carboxylic acid groups (broad SMARTS) is 1. The maximum atomic E-state index is 13.1. The van der Waals surface area contributed by atoms with Gasteiger partial charge in [-0.05, 0) is 47.4 Å². The number of benzene rings is 3. The van der Waals surface area contributed by atoms with Gasteiger partial charge in [0.05, 0.1) is 17.0 Å². The fraction of sp³-hybridized carbons (Fsp3) is 0.241. The Hall–Kier alpha value is -3.65. The molecule has 0 atom stereocenters. The van der Waals surface area contributed by atoms with Gasteiger partial charge < -0.3 is 21.1 Å². The van der Waals surface area contributed by atoms with Crippen LogP contribution < -0.4 is 16.0 Å². The number of rotatable bonds is 8. The van der Waals surface area contributed by atoms with Crippen molar-refractivity contribution in [1.82, 2.24) is 10.2 Å². The molecule has 0 aromatic heterocycles. The number of hydrogen-bond donors (Lipinski definition) is 4. The standard InChI is InChI=1S/C29H29ClN4O3/c30-22-8-11-24-25(17-22)33-29(37)27(24)28(21-6-1-19(2-7-21)5-12-26(35)36)32-23-9-3-20(4-10-23)18-34-15-13-31-14-16-34/h1-4,6-11,17,31-32H,5,12-16,18H2,(H,33,37)(H,35,36). The number of aliphatic carboxylic acids is 1. The molecule has 4 N–H and O–H groups in total. The van der Waals surface area contributed by atoms with Crippen molar-refractivity contribution in [1.29, 1.82) is 0 Å². The third-order valence-corrected chi connectivity index (χ3v) is 6.92. The molecule has 0 unspecified atom stereocenters. The molecule has 1 amide bonds. The molecule has 8 heteroatoms. The van der Waals surface area contributed by atoms with Gasteiger partial charge in [-0.3, -0.25) is 14.5 Å². The first-order valence-corrected chi connectivity index (χ1v) is 12.8. The number of hydrogen-bond acceptors (Lipinski definition) is 5. The van der Waals surface area contributed by atoms with Gasteiger partial charge in [-0.15, -0.1) is 0 Å². The van der Waals surface area contributed by atoms with Crippen molar-refractivity contribution >= 4 is 46.1 Å². The van der Waals surface area contributed by atoms with E-state index in [1.807, 2.05) is 42.5 Å². The zero-order valence-electron chi connectivity index (χ0n) is 20.4. The molecular weight excluding hydrogens is 488 g/mol. The lowest BCUT2D eigenvalue weighted by atomic mass is 9.98. The lowest BCUT2D eigenvalue weighted by Gasteiger charge is -2.27. The number of anilines is 2. The molecular formula is C29H29ClN4O3. The van der Waals surface area contributed by atoms with Crippen LogP contribution in [0.5, 0.6) is 0 Å². The fourth-order valence-corrected chi connectivity index (χ4v) is 4.90. The first-order valence-electron chi connectivity index (χ1n) is 12.4. The van der Waals surface area contributed by atoms with E-state index >= 15 is 0 Å². The van der Waals surface area contributed by atoms with Crippen molar-refractivity contribution in [3.63, 3.8) is 0 Å². The average molecular weight is 517 g/mol. The number of amides is 1. The molecule has 0 aliphatic carbocycles. The van der Waals surface area contributed by atoms with Crippen LogP contribution >= 0.6 is 11.6 Å². The summed E-state index contributed by atoms with van der Waals surface area (Å²) in [4.78, 5) is 26.5. The molecule has 5 rings (SSSR count). The largest absolute Gasteiger partial charge is 0.481 e. The van der Waals surface area contributed by atoms with E-state index in [0.717, 1.165) is 55.1 Å². The van der Waals surface area contributed by atoms with Gasteiger partial charge in [0.25, 0.3) is 5.91 Å². The van der Waals surface area contributed by atoms with Gasteiger partial charge in [-0.2, -0.15) is 0 Å². The van der Waals surface area contributed by atoms with E-state index < -0.39 is 5.97 Å². The summed E-state index contributed by atoms with van der Waals surface area (Å²) in [5, 5.41) is 19.4. The van der Waals surface area contributed by atoms with Gasteiger partial charge in [-0.25, -0.2) is 0 Å². The summed E-state index contributed by atoms with van der Waals surface area (Å²) >= 11 is 6.17. The van der Waals surface area contributed by atoms with Crippen LogP contribution in [0.3, 0.4) is 0 Å². The molecule has 1 fully saturated rings. The lowest BCUT2D eigenvalue weighted by Crippen LogP contribution is -2.42. The maximum Gasteiger partial charge on any atom is 0.303 e. The Morgan fingerprint density at radius 3 is 2.38 bits per heavy atom. The van der Waals surface area contributed by atoms with Crippen LogP contribution in [0.2, 0.25) is 5.02 Å². The quantitative estimate of drug-likeness (QED) is 0.324. The van der Waals surface area contributed by atoms with Crippen LogP contribution in [0.25, 0.3) is 11.3 Å². The van der Waals surface area contributed by atoms with Gasteiger partial charge in [0, 0.05) is 55.4 Å². The highest BCUT2D eigenvalue weighted by Crippen LogP contribution is 2.38. The van der Waals surface area contributed by atoms with Crippen LogP contribution in [0.4, 0.5) is 11.4 Å². The Morgan fingerprint density at radius 2 is 1.68 bits per heavy atom. The molecule has 37 heavy (non-hydrogen) atoms. The van der Waals surface area contributed by atoms with E-state index in [-0.39, 0.29) is 12.3 Å². The summed E-state index contributed by atoms with van der Waals surface area (Å²) in [6.45, 7) is 5.01. The number of nitrogens with zero attached hydrogens (tertiary/aromatic N) is 1. The molecule has 7 nitrogen and oxygen atoms in total. The summed E-state index contributed by atoms with van der Waals surface area (Å²) in [5.41, 5.74) is 6.54. The van der Waals surface area contributed by atoms with E-state index in [1.54, 1.807) is 12.1 Å². The number of carbonyl (C=O) groups is 2. The smallest absolute Gasteiger partial charge is 0.303 e. The maximum absolute atomic E-state index is 13.1. The number of halogens is 1. The molecule has 2 aliphatic rings. The highest BCUT2D eigenvalue weighted by Gasteiger charge is 2.28. The summed E-state index contributed by atoms with van der Waals surface area (Å²) in [6, 6.07) is 21.3. The highest BCUT2D eigenvalue weighted by molar-refractivity contribution is 6.38. The summed E-state index contributed by atoms with van der Waals surface area (Å²) in [5.74, 6) is -1.03. The van der Waals surface area contributed by atoms with Crippen molar-refractivity contribution < 1.29 is 14.7 Å². The first kappa shape index (κ1) is 25.0. The van der Waals surface area contributed by atoms with Crippen LogP contribution in [-0.2, 0) is 22.6 Å². The van der Waals surface area contributed by atoms with Crippen LogP contribution in [0.15, 0.2) is 66.7 Å². The molecule has 0 bridgehead atoms. The van der Waals surface area contributed by atoms with Crippen LogP contribution in [-0.4, -0.2) is 48.1 Å². The number of aryl methyl sites for hydroxylation is 1. The topological polar surface area (TPSA) is 93.7 Å². The predicted octanol–water partition coefficient (Wildman–Crippen LogP) is 4.69. The summed E-state index contributed by atoms with van der Waals surface area (Å²) in [6.07, 6.45) is 0.522. The molecule has 190 valence electrons. The number of piperazine rings is 1. The second-order valence-corrected chi connectivity index (χ2v) is 9.77. The first-order chi connectivity index (χ1) is 18.0. The average Bonchev–Trinajstić information content (AvgIpc) is 3.22. The third-order valence-electron chi connectivity index (χ3n) is 6.69. The SMILES string of the molecule is O=C(O)CCc1ccc(C(Nc2ccc(CN3CCNCC3)cc2)=C2C(=O)Nc3cc(Cl)ccc32)cc1. The Labute approximate surface area is 221 Å². The molecule has 0 saturated carbocycles. The number of nitrogens with one attached hydrogen (secondary N) is 3. The highest BCUT2D eigenvalue weighted by atomic mass is 35.5. The minimum atomic E-state index is -0.827. The van der Waals surface area contributed by atoms with Crippen LogP contribution in [0, 0.1) is 0 Å². The Balaban J connectivity index is 1.46. The number of fused-ring (bicyclic) bond motifs is 1. The van der Waals surface area contributed by atoms with Gasteiger partial charge in [0.15, 0.2) is 0 Å². The zero-order chi connectivity index (χ0) is 25.8. The van der Waals surface area contributed by atoms with Gasteiger partial charge in [0.2, 0.25) is 0 Å². The van der Waals surface area contributed by atoms with Gasteiger partial charge in [0.1, 0.15) is 0 Å². The van der Waals surface area contributed by atoms with Gasteiger partial charge in [-0.1, -0.05) is 54.1 Å². The fourth-order valence-electron chi connectivity index (χ4n) is 4.73. The van der Waals surface area contributed by atoms with Crippen molar-refractivity contribution in [3.8, 4) is 0 Å². The number of carbonyl (C=O) groups excluding carboxylic acids is 1.